The zero-order valence-corrected chi connectivity index (χ0v) is 15.3. The molecule has 4 nitrogen and oxygen atoms in total. The highest BCUT2D eigenvalue weighted by Gasteiger charge is 2.22. The number of rotatable bonds is 6. The first kappa shape index (κ1) is 17.9. The number of hydrogen-bond acceptors (Lipinski definition) is 3. The van der Waals surface area contributed by atoms with E-state index in [1.54, 1.807) is 6.07 Å². The lowest BCUT2D eigenvalue weighted by Crippen LogP contribution is -2.45. The Morgan fingerprint density at radius 3 is 2.38 bits per heavy atom. The Morgan fingerprint density at radius 2 is 1.69 bits per heavy atom. The lowest BCUT2D eigenvalue weighted by Gasteiger charge is -2.19. The Labute approximate surface area is 156 Å². The van der Waals surface area contributed by atoms with Crippen molar-refractivity contribution >= 4 is 28.8 Å². The average molecular weight is 364 g/mol. The summed E-state index contributed by atoms with van der Waals surface area (Å²) in [6.07, 6.45) is 0.426. The van der Waals surface area contributed by atoms with Crippen LogP contribution in [0.3, 0.4) is 0 Å². The molecule has 0 aliphatic heterocycles. The largest absolute Gasteiger partial charge is 0.339 e. The van der Waals surface area contributed by atoms with Gasteiger partial charge in [-0.05, 0) is 35.6 Å². The predicted octanol–water partition coefficient (Wildman–Crippen LogP) is 4.04. The second-order valence-corrected chi connectivity index (χ2v) is 6.94. The Morgan fingerprint density at radius 1 is 0.962 bits per heavy atom. The van der Waals surface area contributed by atoms with Gasteiger partial charge in [-0.15, -0.1) is 11.3 Å². The van der Waals surface area contributed by atoms with Crippen molar-refractivity contribution in [2.45, 2.75) is 19.4 Å². The molecule has 0 spiro atoms. The monoisotopic (exact) mass is 364 g/mol. The topological polar surface area (TPSA) is 58.2 Å². The van der Waals surface area contributed by atoms with Crippen LogP contribution in [0.1, 0.15) is 20.8 Å². The van der Waals surface area contributed by atoms with Crippen molar-refractivity contribution in [2.24, 2.45) is 0 Å². The van der Waals surface area contributed by atoms with E-state index in [1.807, 2.05) is 73.0 Å². The summed E-state index contributed by atoms with van der Waals surface area (Å²) in [5.41, 5.74) is 2.72. The van der Waals surface area contributed by atoms with Crippen molar-refractivity contribution in [3.8, 4) is 0 Å². The first-order chi connectivity index (χ1) is 12.6. The summed E-state index contributed by atoms with van der Waals surface area (Å²) < 4.78 is 0. The van der Waals surface area contributed by atoms with E-state index in [0.717, 1.165) is 16.8 Å². The molecular weight excluding hydrogens is 344 g/mol. The van der Waals surface area contributed by atoms with Crippen LogP contribution >= 0.6 is 11.3 Å². The van der Waals surface area contributed by atoms with E-state index in [1.165, 1.54) is 11.3 Å². The maximum atomic E-state index is 12.9. The summed E-state index contributed by atoms with van der Waals surface area (Å²) in [5.74, 6) is -0.464. The van der Waals surface area contributed by atoms with Gasteiger partial charge in [-0.25, -0.2) is 0 Å². The number of aryl methyl sites for hydroxylation is 1. The molecule has 3 aromatic rings. The SMILES string of the molecule is Cc1ccccc1NC(=O)[C@H](Cc1ccccc1)NC(=O)c1cccs1. The van der Waals surface area contributed by atoms with Crippen LogP contribution in [-0.4, -0.2) is 17.9 Å². The zero-order chi connectivity index (χ0) is 18.4. The highest BCUT2D eigenvalue weighted by molar-refractivity contribution is 7.12. The van der Waals surface area contributed by atoms with Crippen molar-refractivity contribution in [2.75, 3.05) is 5.32 Å². The van der Waals surface area contributed by atoms with Gasteiger partial charge in [-0.3, -0.25) is 9.59 Å². The second kappa shape index (κ2) is 8.45. The molecule has 0 aliphatic carbocycles. The first-order valence-corrected chi connectivity index (χ1v) is 9.26. The predicted molar refractivity (Wildman–Crippen MR) is 106 cm³/mol. The van der Waals surface area contributed by atoms with Crippen LogP contribution < -0.4 is 10.6 Å². The van der Waals surface area contributed by atoms with E-state index in [4.69, 9.17) is 0 Å². The fourth-order valence-electron chi connectivity index (χ4n) is 2.63. The number of amides is 2. The molecule has 132 valence electrons. The molecule has 3 rings (SSSR count). The first-order valence-electron chi connectivity index (χ1n) is 8.38. The summed E-state index contributed by atoms with van der Waals surface area (Å²) in [7, 11) is 0. The molecule has 5 heteroatoms. The van der Waals surface area contributed by atoms with Gasteiger partial charge in [0.15, 0.2) is 0 Å². The number of hydrogen-bond donors (Lipinski definition) is 2. The number of benzene rings is 2. The Hall–Kier alpha value is -2.92. The molecule has 0 unspecified atom stereocenters. The molecule has 1 atom stereocenters. The molecule has 0 fully saturated rings. The third-order valence-corrected chi connectivity index (χ3v) is 4.92. The minimum absolute atomic E-state index is 0.229. The molecular formula is C21H20N2O2S. The number of anilines is 1. The van der Waals surface area contributed by atoms with Gasteiger partial charge >= 0.3 is 0 Å². The fraction of sp³-hybridized carbons (Fsp3) is 0.143. The lowest BCUT2D eigenvalue weighted by molar-refractivity contribution is -0.118. The van der Waals surface area contributed by atoms with Gasteiger partial charge in [0.05, 0.1) is 4.88 Å². The number of thiophene rings is 1. The van der Waals surface area contributed by atoms with Gasteiger partial charge < -0.3 is 10.6 Å². The van der Waals surface area contributed by atoms with Crippen molar-refractivity contribution in [1.82, 2.24) is 5.32 Å². The molecule has 2 aromatic carbocycles. The van der Waals surface area contributed by atoms with Crippen molar-refractivity contribution in [3.05, 3.63) is 88.1 Å². The third kappa shape index (κ3) is 4.58. The van der Waals surface area contributed by atoms with Crippen LogP contribution in [0.5, 0.6) is 0 Å². The molecule has 0 bridgehead atoms. The normalized spacial score (nSPS) is 11.6. The summed E-state index contributed by atoms with van der Waals surface area (Å²) >= 11 is 1.35. The zero-order valence-electron chi connectivity index (χ0n) is 14.4. The minimum atomic E-state index is -0.661. The smallest absolute Gasteiger partial charge is 0.262 e. The molecule has 2 amide bonds. The minimum Gasteiger partial charge on any atom is -0.339 e. The average Bonchev–Trinajstić information content (AvgIpc) is 3.19. The molecule has 0 saturated carbocycles. The fourth-order valence-corrected chi connectivity index (χ4v) is 3.26. The number of nitrogens with one attached hydrogen (secondary N) is 2. The van der Waals surface area contributed by atoms with Crippen LogP contribution in [0.4, 0.5) is 5.69 Å². The summed E-state index contributed by atoms with van der Waals surface area (Å²) in [6, 6.07) is 20.2. The maximum absolute atomic E-state index is 12.9. The summed E-state index contributed by atoms with van der Waals surface area (Å²) in [4.78, 5) is 25.9. The molecule has 2 N–H and O–H groups in total. The quantitative estimate of drug-likeness (QED) is 0.694. The molecule has 0 radical (unpaired) electrons. The van der Waals surface area contributed by atoms with Crippen LogP contribution in [0.15, 0.2) is 72.1 Å². The van der Waals surface area contributed by atoms with E-state index in [-0.39, 0.29) is 11.8 Å². The van der Waals surface area contributed by atoms with E-state index < -0.39 is 6.04 Å². The van der Waals surface area contributed by atoms with Crippen molar-refractivity contribution < 1.29 is 9.59 Å². The van der Waals surface area contributed by atoms with Crippen LogP contribution in [-0.2, 0) is 11.2 Å². The van der Waals surface area contributed by atoms with E-state index in [9.17, 15) is 9.59 Å². The second-order valence-electron chi connectivity index (χ2n) is 6.00. The Balaban J connectivity index is 1.78. The van der Waals surface area contributed by atoms with Crippen LogP contribution in [0.2, 0.25) is 0 Å². The molecule has 0 aliphatic rings. The maximum Gasteiger partial charge on any atom is 0.262 e. The number of para-hydroxylation sites is 1. The number of carbonyl (C=O) groups is 2. The highest BCUT2D eigenvalue weighted by atomic mass is 32.1. The van der Waals surface area contributed by atoms with E-state index >= 15 is 0 Å². The van der Waals surface area contributed by atoms with Crippen molar-refractivity contribution in [3.63, 3.8) is 0 Å². The third-order valence-electron chi connectivity index (χ3n) is 4.05. The van der Waals surface area contributed by atoms with Crippen LogP contribution in [0, 0.1) is 6.92 Å². The van der Waals surface area contributed by atoms with Crippen LogP contribution in [0.25, 0.3) is 0 Å². The van der Waals surface area contributed by atoms with Gasteiger partial charge in [0.1, 0.15) is 6.04 Å². The Kier molecular flexibility index (Phi) is 5.81. The summed E-state index contributed by atoms with van der Waals surface area (Å²) in [5, 5.41) is 7.64. The van der Waals surface area contributed by atoms with Gasteiger partial charge in [-0.1, -0.05) is 54.6 Å². The highest BCUT2D eigenvalue weighted by Crippen LogP contribution is 2.15. The lowest BCUT2D eigenvalue weighted by atomic mass is 10.0. The molecule has 26 heavy (non-hydrogen) atoms. The van der Waals surface area contributed by atoms with Crippen molar-refractivity contribution in [1.29, 1.82) is 0 Å². The van der Waals surface area contributed by atoms with E-state index in [2.05, 4.69) is 10.6 Å². The summed E-state index contributed by atoms with van der Waals surface area (Å²) in [6.45, 7) is 1.94. The van der Waals surface area contributed by atoms with E-state index in [0.29, 0.717) is 11.3 Å². The van der Waals surface area contributed by atoms with Gasteiger partial charge in [0, 0.05) is 12.1 Å². The molecule has 1 aromatic heterocycles. The molecule has 1 heterocycles. The Bertz CT molecular complexity index is 876. The molecule has 0 saturated heterocycles. The van der Waals surface area contributed by atoms with Gasteiger partial charge in [0.2, 0.25) is 5.91 Å². The van der Waals surface area contributed by atoms with Gasteiger partial charge in [-0.2, -0.15) is 0 Å². The van der Waals surface area contributed by atoms with Gasteiger partial charge in [0.25, 0.3) is 5.91 Å². The standard InChI is InChI=1S/C21H20N2O2S/c1-15-8-5-6-11-17(15)22-20(24)18(14-16-9-3-2-4-10-16)23-21(25)19-12-7-13-26-19/h2-13,18H,14H2,1H3,(H,22,24)(H,23,25)/t18-/m0/s1. The number of carbonyl (C=O) groups excluding carboxylic acids is 2.